The van der Waals surface area contributed by atoms with E-state index in [0.29, 0.717) is 32.1 Å². The maximum Gasteiger partial charge on any atom is 0.243 e. The third kappa shape index (κ3) is 6.26. The third-order valence-electron chi connectivity index (χ3n) is 6.05. The number of morpholine rings is 1. The Bertz CT molecular complexity index is 1130. The number of rotatable bonds is 11. The fraction of sp³-hybridized carbons (Fsp3) is 0.520. The van der Waals surface area contributed by atoms with Crippen LogP contribution in [-0.4, -0.2) is 63.5 Å². The van der Waals surface area contributed by atoms with E-state index in [0.717, 1.165) is 67.1 Å². The van der Waals surface area contributed by atoms with Gasteiger partial charge in [0.25, 0.3) is 0 Å². The molecule has 1 amide bonds. The van der Waals surface area contributed by atoms with E-state index in [2.05, 4.69) is 28.3 Å². The van der Waals surface area contributed by atoms with Gasteiger partial charge in [0.1, 0.15) is 5.75 Å². The van der Waals surface area contributed by atoms with Crippen molar-refractivity contribution in [2.75, 3.05) is 37.8 Å². The van der Waals surface area contributed by atoms with Crippen LogP contribution in [0.1, 0.15) is 52.0 Å². The van der Waals surface area contributed by atoms with Crippen LogP contribution in [0.2, 0.25) is 0 Å². The van der Waals surface area contributed by atoms with E-state index in [1.165, 1.54) is 0 Å². The smallest absolute Gasteiger partial charge is 0.243 e. The normalized spacial score (nSPS) is 14.0. The Hall–Kier alpha value is -3.24. The molecule has 2 aromatic heterocycles. The molecule has 0 atom stereocenters. The van der Waals surface area contributed by atoms with E-state index in [1.54, 1.807) is 5.48 Å². The lowest BCUT2D eigenvalue weighted by Gasteiger charge is -2.28. The number of amides is 1. The van der Waals surface area contributed by atoms with E-state index < -0.39 is 0 Å². The van der Waals surface area contributed by atoms with Gasteiger partial charge in [-0.15, -0.1) is 0 Å². The second kappa shape index (κ2) is 11.9. The van der Waals surface area contributed by atoms with Crippen molar-refractivity contribution in [1.82, 2.24) is 25.0 Å². The van der Waals surface area contributed by atoms with Crippen LogP contribution < -0.4 is 15.1 Å². The van der Waals surface area contributed by atoms with Crippen LogP contribution in [0, 0.1) is 0 Å². The van der Waals surface area contributed by atoms with E-state index in [-0.39, 0.29) is 11.9 Å². The lowest BCUT2D eigenvalue weighted by molar-refractivity contribution is -0.129. The summed E-state index contributed by atoms with van der Waals surface area (Å²) >= 11 is 0. The molecule has 0 unspecified atom stereocenters. The maximum atomic E-state index is 11.0. The van der Waals surface area contributed by atoms with E-state index in [4.69, 9.17) is 24.6 Å². The van der Waals surface area contributed by atoms with Crippen molar-refractivity contribution >= 4 is 22.9 Å². The van der Waals surface area contributed by atoms with Gasteiger partial charge in [-0.2, -0.15) is 0 Å². The summed E-state index contributed by atoms with van der Waals surface area (Å²) in [5.41, 5.74) is 4.19. The molecular formula is C25H34N6O4. The van der Waals surface area contributed by atoms with Crippen LogP contribution in [0.4, 0.5) is 5.82 Å². The van der Waals surface area contributed by atoms with Gasteiger partial charge >= 0.3 is 0 Å². The largest absolute Gasteiger partial charge is 0.494 e. The van der Waals surface area contributed by atoms with Crippen LogP contribution in [0.3, 0.4) is 0 Å². The van der Waals surface area contributed by atoms with Crippen molar-refractivity contribution in [3.63, 3.8) is 0 Å². The highest BCUT2D eigenvalue weighted by Gasteiger charge is 2.21. The topological polar surface area (TPSA) is 115 Å². The molecule has 1 aromatic carbocycles. The molecule has 0 saturated carbocycles. The van der Waals surface area contributed by atoms with Crippen molar-refractivity contribution < 1.29 is 19.5 Å². The SMILES string of the molecule is CC(C)n1cnc2c(N3CCOCC3)nc(-c3cccc(OCCCCCCC(=O)NO)c3)nc21. The van der Waals surface area contributed by atoms with Crippen molar-refractivity contribution in [3.8, 4) is 17.1 Å². The Kier molecular flexibility index (Phi) is 8.49. The first-order valence-electron chi connectivity index (χ1n) is 12.3. The van der Waals surface area contributed by atoms with Gasteiger partial charge in [-0.25, -0.2) is 20.4 Å². The molecule has 1 fully saturated rings. The summed E-state index contributed by atoms with van der Waals surface area (Å²) in [6.07, 6.45) is 5.69. The number of fused-ring (bicyclic) bond motifs is 1. The van der Waals surface area contributed by atoms with Gasteiger partial charge in [-0.05, 0) is 38.8 Å². The maximum absolute atomic E-state index is 11.0. The van der Waals surface area contributed by atoms with Gasteiger partial charge in [-0.1, -0.05) is 25.0 Å². The number of aromatic nitrogens is 4. The minimum Gasteiger partial charge on any atom is -0.494 e. The van der Waals surface area contributed by atoms with Crippen molar-refractivity contribution in [1.29, 1.82) is 0 Å². The average Bonchev–Trinajstić information content (AvgIpc) is 3.32. The number of ether oxygens (including phenoxy) is 2. The minimum absolute atomic E-state index is 0.230. The first kappa shape index (κ1) is 24.9. The number of unbranched alkanes of at least 4 members (excludes halogenated alkanes) is 3. The molecule has 0 bridgehead atoms. The fourth-order valence-corrected chi connectivity index (χ4v) is 4.12. The Balaban J connectivity index is 1.48. The van der Waals surface area contributed by atoms with Crippen LogP contribution >= 0.6 is 0 Å². The first-order chi connectivity index (χ1) is 17.1. The van der Waals surface area contributed by atoms with E-state index in [9.17, 15) is 4.79 Å². The zero-order chi connectivity index (χ0) is 24.6. The summed E-state index contributed by atoms with van der Waals surface area (Å²) in [4.78, 5) is 27.8. The molecule has 188 valence electrons. The fourth-order valence-electron chi connectivity index (χ4n) is 4.12. The molecule has 4 rings (SSSR count). The summed E-state index contributed by atoms with van der Waals surface area (Å²) in [5, 5.41) is 8.53. The highest BCUT2D eigenvalue weighted by atomic mass is 16.5. The molecule has 35 heavy (non-hydrogen) atoms. The van der Waals surface area contributed by atoms with Gasteiger partial charge in [0.15, 0.2) is 22.8 Å². The number of carbonyl (C=O) groups excluding carboxylic acids is 1. The van der Waals surface area contributed by atoms with E-state index in [1.807, 2.05) is 30.6 Å². The molecule has 3 aromatic rings. The van der Waals surface area contributed by atoms with Gasteiger partial charge in [0, 0.05) is 31.1 Å². The van der Waals surface area contributed by atoms with Crippen molar-refractivity contribution in [2.24, 2.45) is 0 Å². The van der Waals surface area contributed by atoms with Gasteiger partial charge in [-0.3, -0.25) is 10.0 Å². The number of carbonyl (C=O) groups is 1. The highest BCUT2D eigenvalue weighted by Crippen LogP contribution is 2.30. The van der Waals surface area contributed by atoms with Crippen molar-refractivity contribution in [3.05, 3.63) is 30.6 Å². The number of hydroxylamine groups is 1. The lowest BCUT2D eigenvalue weighted by atomic mass is 10.1. The van der Waals surface area contributed by atoms with Gasteiger partial charge in [0.05, 0.1) is 26.1 Å². The summed E-state index contributed by atoms with van der Waals surface area (Å²) in [6.45, 7) is 7.71. The molecule has 2 N–H and O–H groups in total. The quantitative estimate of drug-likeness (QED) is 0.241. The minimum atomic E-state index is -0.341. The molecule has 0 aliphatic carbocycles. The van der Waals surface area contributed by atoms with Crippen molar-refractivity contribution in [2.45, 2.75) is 52.0 Å². The van der Waals surface area contributed by atoms with Crippen LogP contribution in [0.15, 0.2) is 30.6 Å². The monoisotopic (exact) mass is 482 g/mol. The van der Waals surface area contributed by atoms with Gasteiger partial charge < -0.3 is 18.9 Å². The third-order valence-corrected chi connectivity index (χ3v) is 6.05. The summed E-state index contributed by atoms with van der Waals surface area (Å²) in [6, 6.07) is 8.10. The molecule has 1 saturated heterocycles. The zero-order valence-electron chi connectivity index (χ0n) is 20.4. The number of imidazole rings is 1. The predicted octanol–water partition coefficient (Wildman–Crippen LogP) is 3.75. The number of anilines is 1. The first-order valence-corrected chi connectivity index (χ1v) is 12.3. The molecule has 3 heterocycles. The Morgan fingerprint density at radius 2 is 1.97 bits per heavy atom. The lowest BCUT2D eigenvalue weighted by Crippen LogP contribution is -2.37. The second-order valence-electron chi connectivity index (χ2n) is 8.96. The number of hydrogen-bond donors (Lipinski definition) is 2. The molecule has 0 radical (unpaired) electrons. The number of hydrogen-bond acceptors (Lipinski definition) is 8. The Morgan fingerprint density at radius 3 is 2.74 bits per heavy atom. The molecule has 1 aliphatic heterocycles. The number of nitrogens with zero attached hydrogens (tertiary/aromatic N) is 5. The predicted molar refractivity (Wildman–Crippen MR) is 133 cm³/mol. The summed E-state index contributed by atoms with van der Waals surface area (Å²) < 4.78 is 13.6. The number of nitrogens with one attached hydrogen (secondary N) is 1. The van der Waals surface area contributed by atoms with Crippen LogP contribution in [0.25, 0.3) is 22.6 Å². The Morgan fingerprint density at radius 1 is 1.17 bits per heavy atom. The molecule has 1 aliphatic rings. The van der Waals surface area contributed by atoms with Crippen LogP contribution in [-0.2, 0) is 9.53 Å². The number of benzene rings is 1. The highest BCUT2D eigenvalue weighted by molar-refractivity contribution is 5.86. The zero-order valence-corrected chi connectivity index (χ0v) is 20.4. The second-order valence-corrected chi connectivity index (χ2v) is 8.96. The summed E-state index contributed by atoms with van der Waals surface area (Å²) in [7, 11) is 0. The molecule has 10 nitrogen and oxygen atoms in total. The Labute approximate surface area is 205 Å². The standard InChI is InChI=1S/C25H34N6O4/c1-18(2)31-17-26-22-24(30-11-14-34-15-12-30)27-23(28-25(22)31)19-8-7-9-20(16-19)35-13-6-4-3-5-10-21(32)29-33/h7-9,16-18,33H,3-6,10-15H2,1-2H3,(H,29,32). The van der Waals surface area contributed by atoms with Crippen LogP contribution in [0.5, 0.6) is 5.75 Å². The summed E-state index contributed by atoms with van der Waals surface area (Å²) in [5.74, 6) is 1.92. The molecular weight excluding hydrogens is 448 g/mol. The average molecular weight is 483 g/mol. The van der Waals surface area contributed by atoms with Gasteiger partial charge in [0.2, 0.25) is 5.91 Å². The molecule has 0 spiro atoms. The van der Waals surface area contributed by atoms with E-state index >= 15 is 0 Å². The molecule has 10 heteroatoms.